The summed E-state index contributed by atoms with van der Waals surface area (Å²) in [5.74, 6) is -1.23. The highest BCUT2D eigenvalue weighted by atomic mass is 79.9. The molecule has 1 aromatic carbocycles. The van der Waals surface area contributed by atoms with E-state index in [0.29, 0.717) is 10.4 Å². The Bertz CT molecular complexity index is 465. The number of nitrogens with zero attached hydrogens (tertiary/aromatic N) is 1. The minimum atomic E-state index is -0.617. The van der Waals surface area contributed by atoms with Gasteiger partial charge in [-0.05, 0) is 28.4 Å². The minimum Gasteiger partial charge on any atom is -0.333 e. The molecule has 1 atom stereocenters. The van der Waals surface area contributed by atoms with E-state index >= 15 is 0 Å². The van der Waals surface area contributed by atoms with Crippen molar-refractivity contribution in [2.75, 3.05) is 11.9 Å². The third kappa shape index (κ3) is 2.98. The van der Waals surface area contributed by atoms with Crippen molar-refractivity contribution in [3.63, 3.8) is 0 Å². The Morgan fingerprint density at radius 2 is 2.24 bits per heavy atom. The summed E-state index contributed by atoms with van der Waals surface area (Å²) >= 11 is 4.61. The predicted molar refractivity (Wildman–Crippen MR) is 71.7 cm³/mol. The molecular weight excluding hydrogens is 310 g/mol. The molecule has 0 saturated carbocycles. The van der Waals surface area contributed by atoms with E-state index in [1.54, 1.807) is 11.8 Å². The van der Waals surface area contributed by atoms with Gasteiger partial charge in [-0.15, -0.1) is 0 Å². The van der Waals surface area contributed by atoms with Crippen molar-refractivity contribution in [2.45, 2.75) is 18.6 Å². The van der Waals surface area contributed by atoms with Crippen LogP contribution >= 0.6 is 27.7 Å². The summed E-state index contributed by atoms with van der Waals surface area (Å²) in [6.07, 6.45) is 1.02. The van der Waals surface area contributed by atoms with E-state index in [-0.39, 0.29) is 10.2 Å². The van der Waals surface area contributed by atoms with Crippen LogP contribution in [0.4, 0.5) is 14.5 Å². The first kappa shape index (κ1) is 12.8. The second-order valence-corrected chi connectivity index (χ2v) is 5.81. The fourth-order valence-corrected chi connectivity index (χ4v) is 2.72. The van der Waals surface area contributed by atoms with E-state index in [0.717, 1.165) is 19.0 Å². The minimum absolute atomic E-state index is 0.233. The summed E-state index contributed by atoms with van der Waals surface area (Å²) in [4.78, 5) is 4.27. The monoisotopic (exact) mass is 320 g/mol. The van der Waals surface area contributed by atoms with Gasteiger partial charge in [-0.1, -0.05) is 18.7 Å². The fourth-order valence-electron chi connectivity index (χ4n) is 1.43. The number of thioether (sulfide) groups is 1. The van der Waals surface area contributed by atoms with Gasteiger partial charge in [0.15, 0.2) is 5.17 Å². The molecule has 0 aromatic heterocycles. The Kier molecular flexibility index (Phi) is 4.04. The largest absolute Gasteiger partial charge is 0.333 e. The summed E-state index contributed by atoms with van der Waals surface area (Å²) in [6.45, 7) is 2.83. The fraction of sp³-hybridized carbons (Fsp3) is 0.364. The lowest BCUT2D eigenvalue weighted by molar-refractivity contribution is 0.582. The van der Waals surface area contributed by atoms with Crippen LogP contribution in [0.25, 0.3) is 0 Å². The number of halogens is 3. The molecule has 0 radical (unpaired) electrons. The molecule has 1 aromatic rings. The van der Waals surface area contributed by atoms with Crippen molar-refractivity contribution in [1.82, 2.24) is 0 Å². The molecule has 1 unspecified atom stereocenters. The average Bonchev–Trinajstić information content (AvgIpc) is 2.73. The first-order valence-electron chi connectivity index (χ1n) is 5.22. The Balaban J connectivity index is 2.12. The second-order valence-electron chi connectivity index (χ2n) is 3.67. The molecule has 0 bridgehead atoms. The van der Waals surface area contributed by atoms with Gasteiger partial charge in [0.05, 0.1) is 16.7 Å². The molecule has 2 nitrogen and oxygen atoms in total. The molecule has 0 saturated heterocycles. The summed E-state index contributed by atoms with van der Waals surface area (Å²) in [6, 6.07) is 2.23. The zero-order valence-corrected chi connectivity index (χ0v) is 11.5. The van der Waals surface area contributed by atoms with E-state index in [9.17, 15) is 8.78 Å². The highest BCUT2D eigenvalue weighted by Gasteiger charge is 2.19. The molecule has 1 aliphatic heterocycles. The van der Waals surface area contributed by atoms with E-state index in [2.05, 4.69) is 33.2 Å². The number of anilines is 1. The Morgan fingerprint density at radius 1 is 1.47 bits per heavy atom. The van der Waals surface area contributed by atoms with Crippen LogP contribution in [0.3, 0.4) is 0 Å². The molecule has 1 heterocycles. The zero-order valence-electron chi connectivity index (χ0n) is 9.14. The van der Waals surface area contributed by atoms with Gasteiger partial charge in [-0.3, -0.25) is 4.99 Å². The highest BCUT2D eigenvalue weighted by Crippen LogP contribution is 2.28. The standard InChI is InChI=1S/C11H11BrF2N2S/c1-2-6-5-15-11(17-6)16-10-3-7(12)8(13)4-9(10)14/h3-4,6H,2,5H2,1H3,(H,15,16). The summed E-state index contributed by atoms with van der Waals surface area (Å²) in [7, 11) is 0. The van der Waals surface area contributed by atoms with Crippen LogP contribution in [0.2, 0.25) is 0 Å². The van der Waals surface area contributed by atoms with Gasteiger partial charge in [0.25, 0.3) is 0 Å². The van der Waals surface area contributed by atoms with Crippen LogP contribution in [-0.4, -0.2) is 17.0 Å². The van der Waals surface area contributed by atoms with Crippen LogP contribution in [-0.2, 0) is 0 Å². The number of rotatable bonds is 2. The van der Waals surface area contributed by atoms with Crippen LogP contribution in [0, 0.1) is 11.6 Å². The van der Waals surface area contributed by atoms with Crippen LogP contribution < -0.4 is 5.32 Å². The Hall–Kier alpha value is -0.620. The zero-order chi connectivity index (χ0) is 12.4. The first-order chi connectivity index (χ1) is 8.10. The van der Waals surface area contributed by atoms with E-state index < -0.39 is 11.6 Å². The lowest BCUT2D eigenvalue weighted by Gasteiger charge is -2.08. The maximum atomic E-state index is 13.5. The SMILES string of the molecule is CCC1CN=C(Nc2cc(Br)c(F)cc2F)S1. The third-order valence-corrected chi connectivity index (χ3v) is 4.30. The first-order valence-corrected chi connectivity index (χ1v) is 6.90. The van der Waals surface area contributed by atoms with Gasteiger partial charge in [0, 0.05) is 11.3 Å². The van der Waals surface area contributed by atoms with Crippen LogP contribution in [0.15, 0.2) is 21.6 Å². The molecule has 0 spiro atoms. The third-order valence-electron chi connectivity index (χ3n) is 2.42. The summed E-state index contributed by atoms with van der Waals surface area (Å²) < 4.78 is 26.7. The molecule has 1 N–H and O–H groups in total. The number of benzene rings is 1. The molecular formula is C11H11BrF2N2S. The second kappa shape index (κ2) is 5.35. The van der Waals surface area contributed by atoms with Gasteiger partial charge >= 0.3 is 0 Å². The maximum Gasteiger partial charge on any atom is 0.161 e. The normalized spacial score (nSPS) is 19.3. The van der Waals surface area contributed by atoms with Gasteiger partial charge < -0.3 is 5.32 Å². The average molecular weight is 321 g/mol. The molecule has 17 heavy (non-hydrogen) atoms. The Morgan fingerprint density at radius 3 is 2.88 bits per heavy atom. The van der Waals surface area contributed by atoms with E-state index in [1.165, 1.54) is 6.07 Å². The Labute approximate surface area is 111 Å². The van der Waals surface area contributed by atoms with Gasteiger partial charge in [0.2, 0.25) is 0 Å². The smallest absolute Gasteiger partial charge is 0.161 e. The molecule has 6 heteroatoms. The van der Waals surface area contributed by atoms with Crippen molar-refractivity contribution >= 4 is 38.5 Å². The topological polar surface area (TPSA) is 24.4 Å². The maximum absolute atomic E-state index is 13.5. The van der Waals surface area contributed by atoms with Gasteiger partial charge in [0.1, 0.15) is 11.6 Å². The summed E-state index contributed by atoms with van der Waals surface area (Å²) in [5.41, 5.74) is 0.237. The van der Waals surface area contributed by atoms with Crippen molar-refractivity contribution in [3.8, 4) is 0 Å². The molecule has 92 valence electrons. The number of nitrogens with one attached hydrogen (secondary N) is 1. The highest BCUT2D eigenvalue weighted by molar-refractivity contribution is 9.10. The van der Waals surface area contributed by atoms with Gasteiger partial charge in [-0.25, -0.2) is 8.78 Å². The summed E-state index contributed by atoms with van der Waals surface area (Å²) in [5, 5.41) is 4.02. The number of hydrogen-bond acceptors (Lipinski definition) is 3. The number of amidine groups is 1. The molecule has 0 aliphatic carbocycles. The van der Waals surface area contributed by atoms with Crippen molar-refractivity contribution in [1.29, 1.82) is 0 Å². The van der Waals surface area contributed by atoms with Crippen molar-refractivity contribution in [2.24, 2.45) is 4.99 Å². The quantitative estimate of drug-likeness (QED) is 0.832. The van der Waals surface area contributed by atoms with E-state index in [4.69, 9.17) is 0 Å². The predicted octanol–water partition coefficient (Wildman–Crippen LogP) is 4.02. The van der Waals surface area contributed by atoms with E-state index in [1.807, 2.05) is 0 Å². The lowest BCUT2D eigenvalue weighted by atomic mass is 10.3. The van der Waals surface area contributed by atoms with Crippen molar-refractivity contribution < 1.29 is 8.78 Å². The molecule has 2 rings (SSSR count). The number of hydrogen-bond donors (Lipinski definition) is 1. The van der Waals surface area contributed by atoms with Crippen LogP contribution in [0.5, 0.6) is 0 Å². The molecule has 1 aliphatic rings. The lowest BCUT2D eigenvalue weighted by Crippen LogP contribution is -2.08. The van der Waals surface area contributed by atoms with Crippen LogP contribution in [0.1, 0.15) is 13.3 Å². The number of aliphatic imine (C=N–C) groups is 1. The molecule has 0 fully saturated rings. The molecule has 0 amide bonds. The van der Waals surface area contributed by atoms with Gasteiger partial charge in [-0.2, -0.15) is 0 Å². The van der Waals surface area contributed by atoms with Crippen molar-refractivity contribution in [3.05, 3.63) is 28.2 Å².